The number of aromatic hydroxyl groups is 1. The van der Waals surface area contributed by atoms with Gasteiger partial charge in [-0.05, 0) is 120 Å². The molecule has 0 saturated heterocycles. The minimum Gasteiger partial charge on any atom is -0.508 e. The van der Waals surface area contributed by atoms with Gasteiger partial charge in [0.05, 0.1) is 7.11 Å². The van der Waals surface area contributed by atoms with E-state index in [9.17, 15) is 20.1 Å². The summed E-state index contributed by atoms with van der Waals surface area (Å²) in [7, 11) is 1.61. The number of unbranched alkanes of at least 4 members (excludes halogenated alkanes) is 1. The van der Waals surface area contributed by atoms with Crippen LogP contribution in [0.5, 0.6) is 17.2 Å². The van der Waals surface area contributed by atoms with Crippen LogP contribution in [0.1, 0.15) is 73.6 Å². The number of ketones is 1. The zero-order valence-electron chi connectivity index (χ0n) is 30.6. The molecule has 0 aromatic heterocycles. The molecule has 3 aliphatic rings. The number of rotatable bonds is 11. The molecule has 7 heteroatoms. The molecule has 0 amide bonds. The molecular weight excluding hydrogens is 664 g/mol. The van der Waals surface area contributed by atoms with Gasteiger partial charge in [0.1, 0.15) is 36.1 Å². The molecule has 1 aliphatic carbocycles. The average Bonchev–Trinajstić information content (AvgIpc) is 3.17. The predicted octanol–water partition coefficient (Wildman–Crippen LogP) is 9.12. The minimum absolute atomic E-state index is 0.0524. The summed E-state index contributed by atoms with van der Waals surface area (Å²) in [4.78, 5) is 13.6. The molecule has 0 spiro atoms. The zero-order valence-corrected chi connectivity index (χ0v) is 30.6. The third-order valence-corrected chi connectivity index (χ3v) is 10.4. The van der Waals surface area contributed by atoms with E-state index in [1.54, 1.807) is 13.2 Å². The third kappa shape index (κ3) is 10.2. The molecule has 276 valence electrons. The Hall–Kier alpha value is -5.19. The van der Waals surface area contributed by atoms with E-state index < -0.39 is 6.10 Å². The Labute approximate surface area is 312 Å². The van der Waals surface area contributed by atoms with Crippen molar-refractivity contribution in [2.24, 2.45) is 11.8 Å². The average molecular weight is 715 g/mol. The minimum atomic E-state index is -0.497. The van der Waals surface area contributed by atoms with E-state index in [-0.39, 0.29) is 48.6 Å². The van der Waals surface area contributed by atoms with E-state index in [1.165, 1.54) is 5.56 Å². The summed E-state index contributed by atoms with van der Waals surface area (Å²) >= 11 is 0. The Bertz CT molecular complexity index is 1980. The summed E-state index contributed by atoms with van der Waals surface area (Å²) < 4.78 is 18.0. The highest BCUT2D eigenvalue weighted by atomic mass is 16.5. The number of ether oxygens (including phenoxy) is 3. The van der Waals surface area contributed by atoms with Crippen LogP contribution >= 0.6 is 0 Å². The van der Waals surface area contributed by atoms with Crippen LogP contribution in [0.15, 0.2) is 102 Å². The standard InChI is InChI=1S/C46H50O7/c1-51-45-22-17-33-15-19-39(48)30-40(52-24-8-14-42-41-20-16-34(31-53-46(45)26-33)25-36(41)18-21-43(42)49)28-38-29-44(50)37(13-7-23-47)27-35(38)12-6-5-11-32-9-3-2-4-10-32/h2-4,9-10,16-18,20-22,25-27,29,35,38,40,47,49-50H,5-7,11-15,19,23,28,30-31H2,1H3. The number of phenols is 1. The first-order chi connectivity index (χ1) is 25.9. The van der Waals surface area contributed by atoms with E-state index in [4.69, 9.17) is 14.2 Å². The highest BCUT2D eigenvalue weighted by Gasteiger charge is 2.29. The summed E-state index contributed by atoms with van der Waals surface area (Å²) in [5.41, 5.74) is 4.84. The van der Waals surface area contributed by atoms with Crippen molar-refractivity contribution in [3.05, 3.63) is 125 Å². The van der Waals surface area contributed by atoms with Gasteiger partial charge in [0, 0.05) is 31.4 Å². The number of carbonyl (C=O) groups excluding carboxylic acids is 1. The number of hydrogen-bond donors (Lipinski definition) is 3. The second-order valence-electron chi connectivity index (χ2n) is 14.2. The lowest BCUT2D eigenvalue weighted by atomic mass is 9.77. The van der Waals surface area contributed by atoms with Crippen molar-refractivity contribution in [3.63, 3.8) is 0 Å². The molecular formula is C46H50O7. The number of fused-ring (bicyclic) bond motifs is 9. The van der Waals surface area contributed by atoms with Crippen LogP contribution in [-0.4, -0.2) is 40.9 Å². The van der Waals surface area contributed by atoms with E-state index >= 15 is 0 Å². The van der Waals surface area contributed by atoms with Gasteiger partial charge < -0.3 is 29.5 Å². The largest absolute Gasteiger partial charge is 0.508 e. The lowest BCUT2D eigenvalue weighted by Gasteiger charge is -2.30. The Morgan fingerprint density at radius 2 is 1.72 bits per heavy atom. The quantitative estimate of drug-likeness (QED) is 0.105. The molecule has 0 saturated carbocycles. The lowest BCUT2D eigenvalue weighted by molar-refractivity contribution is -0.121. The number of aliphatic hydroxyl groups excluding tert-OH is 2. The summed E-state index contributed by atoms with van der Waals surface area (Å²) in [5.74, 6) is 4.91. The predicted molar refractivity (Wildman–Crippen MR) is 208 cm³/mol. The zero-order chi connectivity index (χ0) is 37.0. The molecule has 6 bridgehead atoms. The number of phenolic OH excluding ortho intramolecular Hbond substituents is 1. The molecule has 2 aliphatic heterocycles. The van der Waals surface area contributed by atoms with Crippen molar-refractivity contribution >= 4 is 16.6 Å². The first-order valence-electron chi connectivity index (χ1n) is 18.8. The van der Waals surface area contributed by atoms with Crippen LogP contribution in [0.25, 0.3) is 10.8 Å². The van der Waals surface area contributed by atoms with Gasteiger partial charge in [0.2, 0.25) is 0 Å². The van der Waals surface area contributed by atoms with Crippen molar-refractivity contribution in [1.29, 1.82) is 0 Å². The molecule has 4 aromatic carbocycles. The number of hydrogen-bond acceptors (Lipinski definition) is 7. The molecule has 7 rings (SSSR count). The van der Waals surface area contributed by atoms with Crippen molar-refractivity contribution in [2.75, 3.05) is 13.7 Å². The maximum absolute atomic E-state index is 13.6. The van der Waals surface area contributed by atoms with Crippen LogP contribution in [0.2, 0.25) is 0 Å². The fraction of sp³-hybridized carbons (Fsp3) is 0.370. The van der Waals surface area contributed by atoms with Gasteiger partial charge >= 0.3 is 0 Å². The Morgan fingerprint density at radius 3 is 2.55 bits per heavy atom. The van der Waals surface area contributed by atoms with Crippen LogP contribution < -0.4 is 9.47 Å². The molecule has 3 atom stereocenters. The van der Waals surface area contributed by atoms with Gasteiger partial charge in [-0.2, -0.15) is 0 Å². The van der Waals surface area contributed by atoms with Crippen molar-refractivity contribution in [3.8, 4) is 29.3 Å². The van der Waals surface area contributed by atoms with Crippen LogP contribution in [0.3, 0.4) is 0 Å². The number of aliphatic hydroxyl groups is 2. The monoisotopic (exact) mass is 714 g/mol. The number of Topliss-reactive ketones (excluding diaryl/α,β-unsaturated/α-hetero) is 1. The molecule has 3 unspecified atom stereocenters. The van der Waals surface area contributed by atoms with E-state index in [1.807, 2.05) is 48.5 Å². The number of carbonyl (C=O) groups is 1. The van der Waals surface area contributed by atoms with Crippen molar-refractivity contribution in [2.45, 2.75) is 83.3 Å². The van der Waals surface area contributed by atoms with E-state index in [0.29, 0.717) is 55.8 Å². The van der Waals surface area contributed by atoms with Gasteiger partial charge in [0.25, 0.3) is 0 Å². The summed E-state index contributed by atoms with van der Waals surface area (Å²) in [6.07, 6.45) is 13.5. The Morgan fingerprint density at radius 1 is 0.868 bits per heavy atom. The topological polar surface area (TPSA) is 105 Å². The molecule has 4 aromatic rings. The van der Waals surface area contributed by atoms with Gasteiger partial charge in [-0.1, -0.05) is 73.0 Å². The van der Waals surface area contributed by atoms with Gasteiger partial charge in [-0.3, -0.25) is 4.79 Å². The van der Waals surface area contributed by atoms with Gasteiger partial charge in [0.15, 0.2) is 11.5 Å². The molecule has 0 fully saturated rings. The second kappa shape index (κ2) is 18.5. The number of aryl methyl sites for hydroxylation is 2. The van der Waals surface area contributed by atoms with Crippen LogP contribution in [0, 0.1) is 23.9 Å². The van der Waals surface area contributed by atoms with Crippen molar-refractivity contribution < 1.29 is 34.3 Å². The SMILES string of the molecule is COc1ccc2cc1OCc1ccc3c(c(O)ccc3c1)CC#COC(CC1C=C(O)C(CCCO)=CC1CCCCc1ccccc1)CC(=O)CC2. The van der Waals surface area contributed by atoms with E-state index in [2.05, 4.69) is 48.4 Å². The molecule has 3 N–H and O–H groups in total. The Kier molecular flexibility index (Phi) is 13.1. The number of methoxy groups -OCH3 is 1. The van der Waals surface area contributed by atoms with Gasteiger partial charge in [-0.25, -0.2) is 0 Å². The smallest absolute Gasteiger partial charge is 0.161 e. The highest BCUT2D eigenvalue weighted by Crippen LogP contribution is 2.37. The van der Waals surface area contributed by atoms with Crippen molar-refractivity contribution in [1.82, 2.24) is 0 Å². The molecule has 2 heterocycles. The lowest BCUT2D eigenvalue weighted by Crippen LogP contribution is -2.25. The summed E-state index contributed by atoms with van der Waals surface area (Å²) in [5, 5.41) is 33.2. The first kappa shape index (κ1) is 37.6. The fourth-order valence-corrected chi connectivity index (χ4v) is 7.50. The normalized spacial score (nSPS) is 19.1. The molecule has 0 radical (unpaired) electrons. The maximum atomic E-state index is 13.6. The second-order valence-corrected chi connectivity index (χ2v) is 14.2. The first-order valence-corrected chi connectivity index (χ1v) is 18.8. The van der Waals surface area contributed by atoms with Crippen LogP contribution in [-0.2, 0) is 35.4 Å². The molecule has 7 nitrogen and oxygen atoms in total. The van der Waals surface area contributed by atoms with Gasteiger partial charge in [-0.15, -0.1) is 0 Å². The summed E-state index contributed by atoms with van der Waals surface area (Å²) in [6.45, 7) is 0.395. The Balaban J connectivity index is 1.25. The molecule has 53 heavy (non-hydrogen) atoms. The maximum Gasteiger partial charge on any atom is 0.161 e. The number of allylic oxidation sites excluding steroid dienone is 3. The van der Waals surface area contributed by atoms with E-state index in [0.717, 1.165) is 53.2 Å². The summed E-state index contributed by atoms with van der Waals surface area (Å²) in [6, 6.07) is 25.9. The third-order valence-electron chi connectivity index (χ3n) is 10.4. The van der Waals surface area contributed by atoms with Crippen LogP contribution in [0.4, 0.5) is 0 Å². The fourth-order valence-electron chi connectivity index (χ4n) is 7.50. The highest BCUT2D eigenvalue weighted by molar-refractivity contribution is 5.88. The number of benzene rings is 4.